The Balaban J connectivity index is 2.00. The largest absolute Gasteiger partial charge is 0.328 e. The normalized spacial score (nSPS) is 34.8. The van der Waals surface area contributed by atoms with Crippen molar-refractivity contribution in [1.82, 2.24) is 4.90 Å². The van der Waals surface area contributed by atoms with E-state index in [2.05, 4.69) is 54.8 Å². The molecule has 2 aliphatic rings. The molecule has 2 nitrogen and oxygen atoms in total. The summed E-state index contributed by atoms with van der Waals surface area (Å²) >= 11 is 2.12. The van der Waals surface area contributed by atoms with Crippen molar-refractivity contribution in [1.29, 1.82) is 0 Å². The number of thioether (sulfide) groups is 1. The number of nitrogens with zero attached hydrogens (tertiary/aromatic N) is 1. The first-order valence-corrected chi connectivity index (χ1v) is 8.79. The third-order valence-corrected chi connectivity index (χ3v) is 6.15. The smallest absolute Gasteiger partial charge is 0.0587 e. The average molecular weight is 290 g/mol. The fraction of sp³-hybridized carbons (Fsp3) is 0.647. The van der Waals surface area contributed by atoms with Crippen LogP contribution in [-0.2, 0) is 12.0 Å². The Labute approximate surface area is 127 Å². The molecule has 0 aromatic heterocycles. The van der Waals surface area contributed by atoms with Gasteiger partial charge in [-0.2, -0.15) is 11.8 Å². The molecule has 3 rings (SSSR count). The lowest BCUT2D eigenvalue weighted by atomic mass is 9.75. The maximum absolute atomic E-state index is 6.33. The second-order valence-corrected chi connectivity index (χ2v) is 8.29. The molecule has 1 heterocycles. The SMILES string of the molecule is CC1CN(C2(CN)CCCc3ccccc32)CC(C)S1. The Morgan fingerprint density at radius 2 is 1.95 bits per heavy atom. The molecule has 3 atom stereocenters. The highest BCUT2D eigenvalue weighted by Crippen LogP contribution is 2.42. The predicted molar refractivity (Wildman–Crippen MR) is 88.2 cm³/mol. The molecule has 110 valence electrons. The topological polar surface area (TPSA) is 29.3 Å². The highest BCUT2D eigenvalue weighted by Gasteiger charge is 2.42. The van der Waals surface area contributed by atoms with E-state index in [9.17, 15) is 0 Å². The number of benzene rings is 1. The van der Waals surface area contributed by atoms with Crippen molar-refractivity contribution in [2.45, 2.75) is 49.1 Å². The third-order valence-electron chi connectivity index (χ3n) is 4.92. The first kappa shape index (κ1) is 14.4. The first-order valence-electron chi connectivity index (χ1n) is 7.84. The average Bonchev–Trinajstić information content (AvgIpc) is 2.45. The van der Waals surface area contributed by atoms with Crippen molar-refractivity contribution in [3.8, 4) is 0 Å². The number of nitrogens with two attached hydrogens (primary N) is 1. The molecule has 0 bridgehead atoms. The predicted octanol–water partition coefficient (Wildman–Crippen LogP) is 3.00. The maximum atomic E-state index is 6.33. The number of hydrogen-bond donors (Lipinski definition) is 1. The van der Waals surface area contributed by atoms with Gasteiger partial charge in [0.25, 0.3) is 0 Å². The first-order chi connectivity index (χ1) is 9.65. The molecule has 0 spiro atoms. The van der Waals surface area contributed by atoms with Crippen molar-refractivity contribution in [3.05, 3.63) is 35.4 Å². The summed E-state index contributed by atoms with van der Waals surface area (Å²) in [7, 11) is 0. The molecular formula is C17H26N2S. The number of rotatable bonds is 2. The van der Waals surface area contributed by atoms with Crippen LogP contribution in [0.1, 0.15) is 37.8 Å². The molecule has 3 heteroatoms. The molecule has 2 N–H and O–H groups in total. The van der Waals surface area contributed by atoms with E-state index in [1.54, 1.807) is 0 Å². The summed E-state index contributed by atoms with van der Waals surface area (Å²) in [5, 5.41) is 1.41. The van der Waals surface area contributed by atoms with Gasteiger partial charge in [-0.25, -0.2) is 0 Å². The van der Waals surface area contributed by atoms with E-state index >= 15 is 0 Å². The summed E-state index contributed by atoms with van der Waals surface area (Å²) in [5.41, 5.74) is 9.42. The lowest BCUT2D eigenvalue weighted by Crippen LogP contribution is -2.58. The van der Waals surface area contributed by atoms with Gasteiger partial charge in [0.15, 0.2) is 0 Å². The third kappa shape index (κ3) is 2.40. The lowest BCUT2D eigenvalue weighted by Gasteiger charge is -2.51. The minimum Gasteiger partial charge on any atom is -0.328 e. The van der Waals surface area contributed by atoms with Crippen LogP contribution in [0.2, 0.25) is 0 Å². The maximum Gasteiger partial charge on any atom is 0.0587 e. The zero-order chi connectivity index (χ0) is 14.2. The van der Waals surface area contributed by atoms with Crippen LogP contribution in [0.4, 0.5) is 0 Å². The molecule has 0 radical (unpaired) electrons. The van der Waals surface area contributed by atoms with Gasteiger partial charge >= 0.3 is 0 Å². The fourth-order valence-electron chi connectivity index (χ4n) is 4.10. The van der Waals surface area contributed by atoms with Crippen LogP contribution >= 0.6 is 11.8 Å². The van der Waals surface area contributed by atoms with Crippen molar-refractivity contribution in [2.75, 3.05) is 19.6 Å². The van der Waals surface area contributed by atoms with E-state index in [0.717, 1.165) is 6.54 Å². The van der Waals surface area contributed by atoms with Gasteiger partial charge in [0.05, 0.1) is 5.54 Å². The van der Waals surface area contributed by atoms with E-state index in [1.807, 2.05) is 0 Å². The van der Waals surface area contributed by atoms with Gasteiger partial charge in [-0.3, -0.25) is 4.90 Å². The Hall–Kier alpha value is -0.510. The Morgan fingerprint density at radius 3 is 2.65 bits per heavy atom. The van der Waals surface area contributed by atoms with E-state index in [4.69, 9.17) is 5.73 Å². The summed E-state index contributed by atoms with van der Waals surface area (Å²) in [4.78, 5) is 2.69. The number of hydrogen-bond acceptors (Lipinski definition) is 3. The minimum atomic E-state index is 0.0817. The molecule has 0 saturated carbocycles. The quantitative estimate of drug-likeness (QED) is 0.908. The Morgan fingerprint density at radius 1 is 1.25 bits per heavy atom. The Kier molecular flexibility index (Phi) is 4.11. The molecule has 1 aromatic carbocycles. The molecular weight excluding hydrogens is 264 g/mol. The van der Waals surface area contributed by atoms with Gasteiger partial charge in [-0.05, 0) is 30.4 Å². The molecule has 1 aliphatic heterocycles. The van der Waals surface area contributed by atoms with E-state index in [0.29, 0.717) is 10.5 Å². The summed E-state index contributed by atoms with van der Waals surface area (Å²) in [6, 6.07) is 8.96. The highest BCUT2D eigenvalue weighted by atomic mass is 32.2. The summed E-state index contributed by atoms with van der Waals surface area (Å²) in [6.07, 6.45) is 3.69. The van der Waals surface area contributed by atoms with Crippen LogP contribution < -0.4 is 5.73 Å². The van der Waals surface area contributed by atoms with Gasteiger partial charge in [-0.15, -0.1) is 0 Å². The van der Waals surface area contributed by atoms with Gasteiger partial charge in [-0.1, -0.05) is 38.1 Å². The van der Waals surface area contributed by atoms with Crippen LogP contribution in [0.5, 0.6) is 0 Å². The van der Waals surface area contributed by atoms with Crippen LogP contribution in [0.15, 0.2) is 24.3 Å². The molecule has 1 aliphatic carbocycles. The number of fused-ring (bicyclic) bond motifs is 1. The second-order valence-electron chi connectivity index (χ2n) is 6.41. The molecule has 3 unspecified atom stereocenters. The zero-order valence-corrected chi connectivity index (χ0v) is 13.5. The van der Waals surface area contributed by atoms with Crippen LogP contribution in [0, 0.1) is 0 Å². The minimum absolute atomic E-state index is 0.0817. The van der Waals surface area contributed by atoms with Crippen LogP contribution in [0.3, 0.4) is 0 Å². The highest BCUT2D eigenvalue weighted by molar-refractivity contribution is 8.00. The van der Waals surface area contributed by atoms with Crippen LogP contribution in [-0.4, -0.2) is 35.0 Å². The molecule has 1 saturated heterocycles. The lowest BCUT2D eigenvalue weighted by molar-refractivity contribution is 0.0722. The van der Waals surface area contributed by atoms with Crippen LogP contribution in [0.25, 0.3) is 0 Å². The molecule has 1 fully saturated rings. The second kappa shape index (κ2) is 5.70. The van der Waals surface area contributed by atoms with Crippen molar-refractivity contribution < 1.29 is 0 Å². The molecule has 20 heavy (non-hydrogen) atoms. The van der Waals surface area contributed by atoms with E-state index in [-0.39, 0.29) is 5.54 Å². The molecule has 0 amide bonds. The Bertz CT molecular complexity index is 466. The van der Waals surface area contributed by atoms with Crippen molar-refractivity contribution >= 4 is 11.8 Å². The summed E-state index contributed by atoms with van der Waals surface area (Å²) in [6.45, 7) is 7.79. The van der Waals surface area contributed by atoms with Crippen molar-refractivity contribution in [3.63, 3.8) is 0 Å². The van der Waals surface area contributed by atoms with Crippen molar-refractivity contribution in [2.24, 2.45) is 5.73 Å². The molecule has 1 aromatic rings. The zero-order valence-electron chi connectivity index (χ0n) is 12.6. The van der Waals surface area contributed by atoms with Gasteiger partial charge in [0, 0.05) is 30.1 Å². The summed E-state index contributed by atoms with van der Waals surface area (Å²) in [5.74, 6) is 0. The van der Waals surface area contributed by atoms with Gasteiger partial charge in [0.2, 0.25) is 0 Å². The van der Waals surface area contributed by atoms with E-state index < -0.39 is 0 Å². The summed E-state index contributed by atoms with van der Waals surface area (Å²) < 4.78 is 0. The van der Waals surface area contributed by atoms with E-state index in [1.165, 1.54) is 43.5 Å². The van der Waals surface area contributed by atoms with Gasteiger partial charge in [0.1, 0.15) is 0 Å². The fourth-order valence-corrected chi connectivity index (χ4v) is 5.42. The number of aryl methyl sites for hydroxylation is 1. The monoisotopic (exact) mass is 290 g/mol. The standard InChI is InChI=1S/C17H26N2S/c1-13-10-19(11-14(2)20-13)17(12-18)9-5-7-15-6-3-4-8-16(15)17/h3-4,6,8,13-14H,5,7,9-12,18H2,1-2H3. The van der Waals surface area contributed by atoms with Gasteiger partial charge < -0.3 is 5.73 Å².